The van der Waals surface area contributed by atoms with Crippen molar-refractivity contribution in [3.8, 4) is 0 Å². The zero-order chi connectivity index (χ0) is 27.5. The largest absolute Gasteiger partial charge is 0.444 e. The molecule has 3 aromatic rings. The molecule has 1 fully saturated rings. The van der Waals surface area contributed by atoms with E-state index in [1.54, 1.807) is 4.90 Å². The first-order valence-corrected chi connectivity index (χ1v) is 15.3. The summed E-state index contributed by atoms with van der Waals surface area (Å²) >= 11 is 0. The lowest BCUT2D eigenvalue weighted by atomic mass is 9.99. The molecule has 1 atom stereocenters. The maximum atomic E-state index is 13.8. The van der Waals surface area contributed by atoms with Gasteiger partial charge in [-0.25, -0.2) is 9.69 Å². The average Bonchev–Trinajstić information content (AvgIpc) is 3.30. The number of rotatable bonds is 2. The molecule has 0 aliphatic carbocycles. The van der Waals surface area contributed by atoms with E-state index >= 15 is 0 Å². The first kappa shape index (κ1) is 25.8. The molecular weight excluding hydrogens is 509 g/mol. The standard InChI is InChI=1S/C31H35N3O4P/c1-31(2,3)38-30(36)34-16-14-33(15-17-34)22-10-11-24-27(19-22)39(37,23-8-6-5-7-9-23)28-20-26-21(12-13-32(26)4)18-25(28)29(24)35/h5-11,18-20,37H,12-17H2,1-4H3/q+1. The second kappa shape index (κ2) is 9.35. The van der Waals surface area contributed by atoms with Crippen molar-refractivity contribution in [3.63, 3.8) is 0 Å². The van der Waals surface area contributed by atoms with Crippen molar-refractivity contribution in [2.45, 2.75) is 32.8 Å². The Morgan fingerprint density at radius 1 is 0.897 bits per heavy atom. The molecular formula is C31H35N3O4P+. The number of amides is 1. The first-order valence-electron chi connectivity index (χ1n) is 13.5. The molecule has 1 N–H and O–H groups in total. The van der Waals surface area contributed by atoms with Gasteiger partial charge in [-0.2, -0.15) is 0 Å². The lowest BCUT2D eigenvalue weighted by Crippen LogP contribution is -2.50. The predicted octanol–water partition coefficient (Wildman–Crippen LogP) is 3.48. The van der Waals surface area contributed by atoms with Crippen molar-refractivity contribution in [1.29, 1.82) is 0 Å². The highest BCUT2D eigenvalue weighted by molar-refractivity contribution is 7.91. The van der Waals surface area contributed by atoms with Crippen LogP contribution in [0.15, 0.2) is 60.7 Å². The van der Waals surface area contributed by atoms with E-state index in [4.69, 9.17) is 4.74 Å². The molecule has 202 valence electrons. The molecule has 0 radical (unpaired) electrons. The number of fused-ring (bicyclic) bond motifs is 3. The molecule has 1 unspecified atom stereocenters. The minimum absolute atomic E-state index is 0.0285. The van der Waals surface area contributed by atoms with Gasteiger partial charge in [0.1, 0.15) is 21.5 Å². The topological polar surface area (TPSA) is 73.3 Å². The van der Waals surface area contributed by atoms with Crippen LogP contribution in [-0.4, -0.2) is 67.0 Å². The number of ketones is 1. The van der Waals surface area contributed by atoms with Crippen molar-refractivity contribution in [3.05, 3.63) is 77.4 Å². The SMILES string of the molecule is CN1CCc2cc3c(cc21)[P+](O)(c1ccccc1)c1cc(N2CCN(C(=O)OC(C)(C)C)CC2)ccc1C3=O. The number of benzene rings is 3. The lowest BCUT2D eigenvalue weighted by Gasteiger charge is -2.37. The van der Waals surface area contributed by atoms with Crippen LogP contribution in [0.2, 0.25) is 0 Å². The Morgan fingerprint density at radius 3 is 2.28 bits per heavy atom. The van der Waals surface area contributed by atoms with E-state index < -0.39 is 13.1 Å². The first-order chi connectivity index (χ1) is 18.6. The summed E-state index contributed by atoms with van der Waals surface area (Å²) in [6.45, 7) is 8.90. The Bertz CT molecular complexity index is 1460. The summed E-state index contributed by atoms with van der Waals surface area (Å²) in [5.41, 5.74) is 3.86. The van der Waals surface area contributed by atoms with E-state index in [-0.39, 0.29) is 11.9 Å². The fourth-order valence-corrected chi connectivity index (χ4v) is 8.97. The van der Waals surface area contributed by atoms with E-state index in [9.17, 15) is 14.5 Å². The molecule has 39 heavy (non-hydrogen) atoms. The third kappa shape index (κ3) is 4.38. The van der Waals surface area contributed by atoms with Crippen molar-refractivity contribution >= 4 is 46.7 Å². The molecule has 3 heterocycles. The molecule has 8 heteroatoms. The summed E-state index contributed by atoms with van der Waals surface area (Å²) in [5.74, 6) is -0.0285. The molecule has 3 aliphatic rings. The number of nitrogens with zero attached hydrogens (tertiary/aromatic N) is 3. The van der Waals surface area contributed by atoms with Gasteiger partial charge in [0.05, 0.1) is 11.1 Å². The van der Waals surface area contributed by atoms with Gasteiger partial charge in [0, 0.05) is 63.3 Å². The van der Waals surface area contributed by atoms with Gasteiger partial charge in [-0.3, -0.25) is 4.79 Å². The zero-order valence-electron chi connectivity index (χ0n) is 23.0. The second-order valence-electron chi connectivity index (χ2n) is 11.6. The number of ether oxygens (including phenoxy) is 1. The number of piperazine rings is 1. The predicted molar refractivity (Wildman–Crippen MR) is 158 cm³/mol. The number of carbonyl (C=O) groups excluding carboxylic acids is 2. The van der Waals surface area contributed by atoms with Crippen LogP contribution in [0.5, 0.6) is 0 Å². The Hall–Kier alpha value is -3.41. The highest BCUT2D eigenvalue weighted by atomic mass is 31.2. The maximum absolute atomic E-state index is 13.8. The summed E-state index contributed by atoms with van der Waals surface area (Å²) in [6.07, 6.45) is 0.604. The van der Waals surface area contributed by atoms with Crippen LogP contribution in [0.4, 0.5) is 16.2 Å². The number of likely N-dealkylation sites (N-methyl/N-ethyl adjacent to an activating group) is 1. The number of anilines is 2. The van der Waals surface area contributed by atoms with Gasteiger partial charge in [-0.15, -0.1) is 0 Å². The van der Waals surface area contributed by atoms with Crippen molar-refractivity contribution in [1.82, 2.24) is 4.90 Å². The maximum Gasteiger partial charge on any atom is 0.410 e. The molecule has 1 saturated heterocycles. The van der Waals surface area contributed by atoms with Gasteiger partial charge in [0.2, 0.25) is 13.3 Å². The fraction of sp³-hybridized carbons (Fsp3) is 0.355. The third-order valence-corrected chi connectivity index (χ3v) is 11.1. The van der Waals surface area contributed by atoms with Crippen LogP contribution in [0.3, 0.4) is 0 Å². The molecule has 0 spiro atoms. The van der Waals surface area contributed by atoms with Gasteiger partial charge >= 0.3 is 6.09 Å². The highest BCUT2D eigenvalue weighted by Gasteiger charge is 2.53. The summed E-state index contributed by atoms with van der Waals surface area (Å²) in [6, 6.07) is 19.7. The molecule has 3 aromatic carbocycles. The van der Waals surface area contributed by atoms with Crippen molar-refractivity contribution < 1.29 is 19.2 Å². The minimum Gasteiger partial charge on any atom is -0.444 e. The van der Waals surface area contributed by atoms with Crippen LogP contribution in [0.25, 0.3) is 0 Å². The lowest BCUT2D eigenvalue weighted by molar-refractivity contribution is 0.0240. The second-order valence-corrected chi connectivity index (χ2v) is 14.4. The minimum atomic E-state index is -3.08. The Labute approximate surface area is 230 Å². The van der Waals surface area contributed by atoms with Gasteiger partial charge < -0.3 is 19.4 Å². The number of hydrogen-bond acceptors (Lipinski definition) is 6. The van der Waals surface area contributed by atoms with Crippen LogP contribution in [-0.2, 0) is 11.2 Å². The Kier molecular flexibility index (Phi) is 6.20. The molecule has 3 aliphatic heterocycles. The summed E-state index contributed by atoms with van der Waals surface area (Å²) < 4.78 is 5.55. The van der Waals surface area contributed by atoms with Crippen LogP contribution in [0, 0.1) is 0 Å². The number of hydrogen-bond donors (Lipinski definition) is 1. The Morgan fingerprint density at radius 2 is 1.59 bits per heavy atom. The van der Waals surface area contributed by atoms with E-state index in [1.807, 2.05) is 75.4 Å². The smallest absolute Gasteiger partial charge is 0.410 e. The normalized spacial score (nSPS) is 20.4. The van der Waals surface area contributed by atoms with Crippen molar-refractivity contribution in [2.24, 2.45) is 0 Å². The third-order valence-electron chi connectivity index (χ3n) is 7.92. The van der Waals surface area contributed by atoms with E-state index in [0.717, 1.165) is 40.5 Å². The van der Waals surface area contributed by atoms with Gasteiger partial charge in [-0.05, 0) is 63.1 Å². The molecule has 7 nitrogen and oxygen atoms in total. The summed E-state index contributed by atoms with van der Waals surface area (Å²) in [4.78, 5) is 45.3. The van der Waals surface area contributed by atoms with E-state index in [2.05, 4.69) is 22.9 Å². The van der Waals surface area contributed by atoms with Crippen LogP contribution < -0.4 is 25.7 Å². The fourth-order valence-electron chi connectivity index (χ4n) is 5.88. The molecule has 0 bridgehead atoms. The van der Waals surface area contributed by atoms with Gasteiger partial charge in [0.15, 0.2) is 0 Å². The summed E-state index contributed by atoms with van der Waals surface area (Å²) in [7, 11) is -1.02. The molecule has 6 rings (SSSR count). The van der Waals surface area contributed by atoms with E-state index in [0.29, 0.717) is 42.6 Å². The number of carbonyl (C=O) groups is 2. The van der Waals surface area contributed by atoms with Crippen molar-refractivity contribution in [2.75, 3.05) is 49.6 Å². The van der Waals surface area contributed by atoms with Crippen LogP contribution in [0.1, 0.15) is 42.3 Å². The summed E-state index contributed by atoms with van der Waals surface area (Å²) in [5, 5.41) is 2.29. The Balaban J connectivity index is 1.39. The highest BCUT2D eigenvalue weighted by Crippen LogP contribution is 2.56. The molecule has 0 aromatic heterocycles. The average molecular weight is 545 g/mol. The van der Waals surface area contributed by atoms with E-state index in [1.165, 1.54) is 0 Å². The van der Waals surface area contributed by atoms with Gasteiger partial charge in [0.25, 0.3) is 0 Å². The molecule has 1 amide bonds. The molecule has 0 saturated carbocycles. The van der Waals surface area contributed by atoms with Gasteiger partial charge in [-0.1, -0.05) is 18.2 Å². The quantitative estimate of drug-likeness (QED) is 0.498. The monoisotopic (exact) mass is 544 g/mol. The van der Waals surface area contributed by atoms with Crippen LogP contribution >= 0.6 is 7.49 Å². The zero-order valence-corrected chi connectivity index (χ0v) is 23.9.